The molecule has 2 heterocycles. The monoisotopic (exact) mass is 449 g/mol. The van der Waals surface area contributed by atoms with Gasteiger partial charge in [-0.2, -0.15) is 0 Å². The minimum atomic E-state index is -1.36. The Kier molecular flexibility index (Phi) is 5.95. The lowest BCUT2D eigenvalue weighted by Gasteiger charge is -2.23. The molecule has 0 saturated carbocycles. The van der Waals surface area contributed by atoms with Crippen molar-refractivity contribution < 1.29 is 38.2 Å². The standard InChI is InChI=1S/C24H19NO8/c1-31-23(29)18(25-21(27)16-9-5-6-10-17(16)22(25)28)11-15-12-19(26)20(33-15)24(30)32-13-14-7-3-2-4-8-14/h2-10,12,18,26H,11,13H2,1H3/t18-/m0/s1. The number of aromatic hydroxyl groups is 1. The summed E-state index contributed by atoms with van der Waals surface area (Å²) in [6, 6.07) is 14.9. The summed E-state index contributed by atoms with van der Waals surface area (Å²) in [5.74, 6) is -4.01. The maximum Gasteiger partial charge on any atom is 0.378 e. The van der Waals surface area contributed by atoms with Gasteiger partial charge < -0.3 is 19.0 Å². The highest BCUT2D eigenvalue weighted by Crippen LogP contribution is 2.29. The zero-order valence-electron chi connectivity index (χ0n) is 17.5. The smallest absolute Gasteiger partial charge is 0.378 e. The fourth-order valence-corrected chi connectivity index (χ4v) is 3.56. The molecule has 168 valence electrons. The lowest BCUT2D eigenvalue weighted by molar-refractivity contribution is -0.145. The minimum Gasteiger partial charge on any atom is -0.504 e. The number of hydrogen-bond donors (Lipinski definition) is 1. The first kappa shape index (κ1) is 21.8. The first-order valence-electron chi connectivity index (χ1n) is 9.98. The average molecular weight is 449 g/mol. The van der Waals surface area contributed by atoms with Crippen LogP contribution < -0.4 is 0 Å². The van der Waals surface area contributed by atoms with Crippen LogP contribution in [0.4, 0.5) is 0 Å². The minimum absolute atomic E-state index is 0.00822. The third kappa shape index (κ3) is 4.20. The van der Waals surface area contributed by atoms with Gasteiger partial charge in [-0.05, 0) is 17.7 Å². The van der Waals surface area contributed by atoms with Crippen LogP contribution in [0.15, 0.2) is 65.1 Å². The summed E-state index contributed by atoms with van der Waals surface area (Å²) >= 11 is 0. The van der Waals surface area contributed by atoms with Gasteiger partial charge in [0.2, 0.25) is 0 Å². The van der Waals surface area contributed by atoms with Crippen molar-refractivity contribution in [2.45, 2.75) is 19.1 Å². The Bertz CT molecular complexity index is 1200. The number of benzene rings is 2. The summed E-state index contributed by atoms with van der Waals surface area (Å²) in [7, 11) is 1.12. The van der Waals surface area contributed by atoms with Crippen LogP contribution in [0.2, 0.25) is 0 Å². The summed E-state index contributed by atoms with van der Waals surface area (Å²) in [6.45, 7) is -0.0328. The van der Waals surface area contributed by atoms with E-state index in [-0.39, 0.29) is 29.9 Å². The molecule has 0 radical (unpaired) electrons. The molecule has 0 spiro atoms. The Hall–Kier alpha value is -4.40. The molecule has 0 saturated heterocycles. The van der Waals surface area contributed by atoms with Crippen molar-refractivity contribution in [3.63, 3.8) is 0 Å². The van der Waals surface area contributed by atoms with Crippen molar-refractivity contribution >= 4 is 23.8 Å². The number of esters is 2. The van der Waals surface area contributed by atoms with Gasteiger partial charge in [0.15, 0.2) is 5.75 Å². The van der Waals surface area contributed by atoms with Gasteiger partial charge in [-0.15, -0.1) is 0 Å². The largest absolute Gasteiger partial charge is 0.504 e. The van der Waals surface area contributed by atoms with E-state index in [4.69, 9.17) is 13.9 Å². The second-order valence-corrected chi connectivity index (χ2v) is 7.26. The Morgan fingerprint density at radius 3 is 2.21 bits per heavy atom. The molecule has 9 heteroatoms. The maximum absolute atomic E-state index is 12.8. The van der Waals surface area contributed by atoms with Crippen molar-refractivity contribution in [2.75, 3.05) is 7.11 Å². The van der Waals surface area contributed by atoms with E-state index in [1.807, 2.05) is 6.07 Å². The molecule has 1 aliphatic rings. The molecule has 0 fully saturated rings. The average Bonchev–Trinajstić information content (AvgIpc) is 3.33. The van der Waals surface area contributed by atoms with Crippen LogP contribution in [0.25, 0.3) is 0 Å². The van der Waals surface area contributed by atoms with Gasteiger partial charge in [0.25, 0.3) is 17.6 Å². The molecule has 0 aliphatic carbocycles. The molecular formula is C24H19NO8. The van der Waals surface area contributed by atoms with Crippen LogP contribution in [0.5, 0.6) is 5.75 Å². The molecule has 3 aromatic rings. The summed E-state index contributed by atoms with van der Waals surface area (Å²) in [4.78, 5) is 51.2. The predicted molar refractivity (Wildman–Crippen MR) is 112 cm³/mol. The fraction of sp³-hybridized carbons (Fsp3) is 0.167. The lowest BCUT2D eigenvalue weighted by atomic mass is 10.1. The zero-order chi connectivity index (χ0) is 23.5. The molecule has 0 unspecified atom stereocenters. The van der Waals surface area contributed by atoms with Crippen molar-refractivity contribution in [1.29, 1.82) is 0 Å². The number of ether oxygens (including phenoxy) is 2. The maximum atomic E-state index is 12.8. The number of amides is 2. The lowest BCUT2D eigenvalue weighted by Crippen LogP contribution is -2.46. The summed E-state index contributed by atoms with van der Waals surface area (Å²) < 4.78 is 15.4. The van der Waals surface area contributed by atoms with E-state index < -0.39 is 41.3 Å². The number of carbonyl (C=O) groups excluding carboxylic acids is 4. The van der Waals surface area contributed by atoms with Crippen molar-refractivity contribution in [2.24, 2.45) is 0 Å². The third-order valence-corrected chi connectivity index (χ3v) is 5.17. The Morgan fingerprint density at radius 1 is 1.00 bits per heavy atom. The van der Waals surface area contributed by atoms with E-state index in [2.05, 4.69) is 0 Å². The number of carbonyl (C=O) groups is 4. The SMILES string of the molecule is COC(=O)[C@H](Cc1cc(O)c(C(=O)OCc2ccccc2)o1)N1C(=O)c2ccccc2C1=O. The van der Waals surface area contributed by atoms with Gasteiger partial charge >= 0.3 is 11.9 Å². The fourth-order valence-electron chi connectivity index (χ4n) is 3.56. The zero-order valence-corrected chi connectivity index (χ0v) is 17.5. The number of furan rings is 1. The third-order valence-electron chi connectivity index (χ3n) is 5.17. The number of hydrogen-bond acceptors (Lipinski definition) is 8. The number of fused-ring (bicyclic) bond motifs is 1. The van der Waals surface area contributed by atoms with Gasteiger partial charge in [-0.3, -0.25) is 14.5 Å². The molecule has 2 amide bonds. The second kappa shape index (κ2) is 8.99. The Morgan fingerprint density at radius 2 is 1.61 bits per heavy atom. The number of rotatable bonds is 7. The van der Waals surface area contributed by atoms with Crippen molar-refractivity contribution in [3.8, 4) is 5.75 Å². The number of nitrogens with zero attached hydrogens (tertiary/aromatic N) is 1. The topological polar surface area (TPSA) is 123 Å². The number of methoxy groups -OCH3 is 1. The highest BCUT2D eigenvalue weighted by molar-refractivity contribution is 6.22. The first-order chi connectivity index (χ1) is 15.9. The summed E-state index contributed by atoms with van der Waals surface area (Å²) in [5.41, 5.74) is 1.08. The van der Waals surface area contributed by atoms with Gasteiger partial charge in [-0.1, -0.05) is 42.5 Å². The van der Waals surface area contributed by atoms with E-state index in [0.29, 0.717) is 0 Å². The van der Waals surface area contributed by atoms with Gasteiger partial charge in [0.05, 0.1) is 18.2 Å². The Balaban J connectivity index is 1.54. The molecule has 0 bridgehead atoms. The summed E-state index contributed by atoms with van der Waals surface area (Å²) in [6.07, 6.45) is -0.308. The van der Waals surface area contributed by atoms with Crippen LogP contribution in [0.3, 0.4) is 0 Å². The van der Waals surface area contributed by atoms with E-state index in [1.54, 1.807) is 36.4 Å². The molecule has 1 aliphatic heterocycles. The van der Waals surface area contributed by atoms with Crippen LogP contribution in [0.1, 0.15) is 42.6 Å². The van der Waals surface area contributed by atoms with Gasteiger partial charge in [-0.25, -0.2) is 9.59 Å². The first-order valence-corrected chi connectivity index (χ1v) is 9.98. The highest BCUT2D eigenvalue weighted by atomic mass is 16.5. The van der Waals surface area contributed by atoms with Crippen LogP contribution in [-0.4, -0.2) is 46.9 Å². The molecule has 1 atom stereocenters. The molecule has 9 nitrogen and oxygen atoms in total. The van der Waals surface area contributed by atoms with Crippen LogP contribution in [0, 0.1) is 0 Å². The van der Waals surface area contributed by atoms with Crippen molar-refractivity contribution in [3.05, 3.63) is 88.9 Å². The molecule has 1 aromatic heterocycles. The van der Waals surface area contributed by atoms with Gasteiger partial charge in [0.1, 0.15) is 18.4 Å². The summed E-state index contributed by atoms with van der Waals surface area (Å²) in [5, 5.41) is 10.2. The number of imide groups is 1. The quantitative estimate of drug-likeness (QED) is 0.431. The van der Waals surface area contributed by atoms with Crippen LogP contribution >= 0.6 is 0 Å². The van der Waals surface area contributed by atoms with E-state index >= 15 is 0 Å². The van der Waals surface area contributed by atoms with E-state index in [1.165, 1.54) is 12.1 Å². The second-order valence-electron chi connectivity index (χ2n) is 7.26. The van der Waals surface area contributed by atoms with Gasteiger partial charge in [0, 0.05) is 12.5 Å². The van der Waals surface area contributed by atoms with E-state index in [9.17, 15) is 24.3 Å². The molecule has 1 N–H and O–H groups in total. The highest BCUT2D eigenvalue weighted by Gasteiger charge is 2.43. The predicted octanol–water partition coefficient (Wildman–Crippen LogP) is 2.72. The molecule has 33 heavy (non-hydrogen) atoms. The Labute approximate surface area is 188 Å². The molecule has 2 aromatic carbocycles. The molecular weight excluding hydrogens is 430 g/mol. The normalized spacial score (nSPS) is 13.5. The van der Waals surface area contributed by atoms with Crippen molar-refractivity contribution in [1.82, 2.24) is 4.90 Å². The van der Waals surface area contributed by atoms with Crippen LogP contribution in [-0.2, 0) is 27.3 Å². The molecule has 4 rings (SSSR count). The van der Waals surface area contributed by atoms with E-state index in [0.717, 1.165) is 23.6 Å².